The minimum atomic E-state index is -0.389. The van der Waals surface area contributed by atoms with Crippen molar-refractivity contribution < 1.29 is 9.53 Å². The van der Waals surface area contributed by atoms with E-state index in [0.717, 1.165) is 33.4 Å². The van der Waals surface area contributed by atoms with Crippen molar-refractivity contribution in [2.24, 2.45) is 0 Å². The highest BCUT2D eigenvalue weighted by atomic mass is 16.5. The average Bonchev–Trinajstić information content (AvgIpc) is 3.22. The molecule has 0 saturated carbocycles. The van der Waals surface area contributed by atoms with Gasteiger partial charge in [0, 0.05) is 23.3 Å². The summed E-state index contributed by atoms with van der Waals surface area (Å²) in [5.41, 5.74) is 5.59. The van der Waals surface area contributed by atoms with Crippen LogP contribution in [0.3, 0.4) is 0 Å². The van der Waals surface area contributed by atoms with Crippen molar-refractivity contribution in [3.05, 3.63) is 102 Å². The van der Waals surface area contributed by atoms with E-state index in [1.165, 1.54) is 0 Å². The summed E-state index contributed by atoms with van der Waals surface area (Å²) in [6.45, 7) is 2.11. The first-order valence-electron chi connectivity index (χ1n) is 9.74. The van der Waals surface area contributed by atoms with Crippen LogP contribution in [-0.4, -0.2) is 20.3 Å². The summed E-state index contributed by atoms with van der Waals surface area (Å²) in [5.74, 6) is -0.389. The number of carbonyl (C=O) groups is 1. The highest BCUT2D eigenvalue weighted by Crippen LogP contribution is 2.25. The molecule has 5 heteroatoms. The van der Waals surface area contributed by atoms with E-state index in [0.29, 0.717) is 11.3 Å². The molecule has 2 aromatic carbocycles. The number of nitrogens with zero attached hydrogens (tertiary/aromatic N) is 3. The molecule has 0 N–H and O–H groups in total. The smallest absolute Gasteiger partial charge is 0.339 e. The Hall–Kier alpha value is -3.99. The summed E-state index contributed by atoms with van der Waals surface area (Å²) in [6, 6.07) is 23.2. The first-order chi connectivity index (χ1) is 14.7. The molecule has 146 valence electrons. The quantitative estimate of drug-likeness (QED) is 0.393. The Balaban J connectivity index is 1.48. The number of ether oxygens (including phenoxy) is 1. The van der Waals surface area contributed by atoms with Gasteiger partial charge in [-0.05, 0) is 30.7 Å². The second-order valence-corrected chi connectivity index (χ2v) is 7.17. The largest absolute Gasteiger partial charge is 0.455 e. The highest BCUT2D eigenvalue weighted by molar-refractivity contribution is 6.04. The van der Waals surface area contributed by atoms with Crippen LogP contribution in [0.5, 0.6) is 0 Å². The zero-order chi connectivity index (χ0) is 20.5. The third-order valence-electron chi connectivity index (χ3n) is 5.08. The zero-order valence-corrected chi connectivity index (χ0v) is 16.4. The van der Waals surface area contributed by atoms with Gasteiger partial charge in [0.1, 0.15) is 12.3 Å². The van der Waals surface area contributed by atoms with Crippen molar-refractivity contribution in [3.63, 3.8) is 0 Å². The maximum Gasteiger partial charge on any atom is 0.339 e. The van der Waals surface area contributed by atoms with Crippen LogP contribution in [0.15, 0.2) is 85.2 Å². The molecule has 0 aliphatic rings. The van der Waals surface area contributed by atoms with E-state index in [1.54, 1.807) is 6.07 Å². The van der Waals surface area contributed by atoms with Gasteiger partial charge in [-0.25, -0.2) is 14.8 Å². The molecule has 0 aliphatic heterocycles. The molecule has 5 aromatic rings. The van der Waals surface area contributed by atoms with Crippen LogP contribution < -0.4 is 0 Å². The second kappa shape index (κ2) is 7.44. The Morgan fingerprint density at radius 1 is 0.967 bits per heavy atom. The molecule has 0 radical (unpaired) electrons. The average molecular weight is 393 g/mol. The fraction of sp³-hybridized carbons (Fsp3) is 0.0800. The van der Waals surface area contributed by atoms with Gasteiger partial charge in [0.25, 0.3) is 0 Å². The Morgan fingerprint density at radius 3 is 2.60 bits per heavy atom. The Bertz CT molecular complexity index is 1370. The van der Waals surface area contributed by atoms with Crippen LogP contribution in [0, 0.1) is 6.92 Å². The van der Waals surface area contributed by atoms with E-state index < -0.39 is 0 Å². The molecule has 0 fully saturated rings. The zero-order valence-electron chi connectivity index (χ0n) is 16.4. The van der Waals surface area contributed by atoms with Gasteiger partial charge in [0.05, 0.1) is 22.5 Å². The normalized spacial score (nSPS) is 11.1. The van der Waals surface area contributed by atoms with Crippen molar-refractivity contribution >= 4 is 22.5 Å². The molecule has 5 rings (SSSR count). The summed E-state index contributed by atoms with van der Waals surface area (Å²) in [6.07, 6.45) is 3.82. The molecule has 30 heavy (non-hydrogen) atoms. The third-order valence-corrected chi connectivity index (χ3v) is 5.08. The first kappa shape index (κ1) is 18.1. The highest BCUT2D eigenvalue weighted by Gasteiger charge is 2.16. The van der Waals surface area contributed by atoms with E-state index >= 15 is 0 Å². The predicted octanol–water partition coefficient (Wildman–Crippen LogP) is 5.21. The number of hydrogen-bond acceptors (Lipinski definition) is 4. The number of benzene rings is 2. The Morgan fingerprint density at radius 2 is 1.77 bits per heavy atom. The number of para-hydroxylation sites is 1. The van der Waals surface area contributed by atoms with Crippen LogP contribution in [0.1, 0.15) is 21.6 Å². The lowest BCUT2D eigenvalue weighted by Crippen LogP contribution is -2.07. The van der Waals surface area contributed by atoms with Crippen molar-refractivity contribution in [3.8, 4) is 11.3 Å². The lowest BCUT2D eigenvalue weighted by atomic mass is 10.0. The number of rotatable bonds is 4. The standard InChI is InChI=1S/C25H19N3O2/c1-17-8-7-13-28-15-19(26-24(17)28)16-30-25(29)21-14-23(18-9-3-2-4-10-18)27-22-12-6-5-11-20(21)22/h2-15H,16H2,1H3. The number of pyridine rings is 2. The molecule has 5 nitrogen and oxygen atoms in total. The van der Waals surface area contributed by atoms with Crippen LogP contribution in [-0.2, 0) is 11.3 Å². The molecule has 0 saturated heterocycles. The van der Waals surface area contributed by atoms with Crippen LogP contribution in [0.4, 0.5) is 0 Å². The van der Waals surface area contributed by atoms with Crippen LogP contribution in [0.25, 0.3) is 27.8 Å². The lowest BCUT2D eigenvalue weighted by Gasteiger charge is -2.09. The van der Waals surface area contributed by atoms with Gasteiger partial charge >= 0.3 is 5.97 Å². The Kier molecular flexibility index (Phi) is 4.48. The maximum atomic E-state index is 13.0. The van der Waals surface area contributed by atoms with Gasteiger partial charge in [-0.3, -0.25) is 0 Å². The Labute approximate surface area is 173 Å². The van der Waals surface area contributed by atoms with Gasteiger partial charge in [-0.2, -0.15) is 0 Å². The minimum absolute atomic E-state index is 0.108. The number of esters is 1. The molecule has 0 unspecified atom stereocenters. The van der Waals surface area contributed by atoms with E-state index in [1.807, 2.05) is 90.4 Å². The number of aryl methyl sites for hydroxylation is 1. The molecule has 3 heterocycles. The molecular weight excluding hydrogens is 374 g/mol. The van der Waals surface area contributed by atoms with Gasteiger partial charge in [0.15, 0.2) is 0 Å². The molecule has 0 bridgehead atoms. The van der Waals surface area contributed by atoms with E-state index in [-0.39, 0.29) is 12.6 Å². The summed E-state index contributed by atoms with van der Waals surface area (Å²) >= 11 is 0. The molecule has 0 aliphatic carbocycles. The molecule has 0 atom stereocenters. The summed E-state index contributed by atoms with van der Waals surface area (Å²) in [4.78, 5) is 22.3. The molecular formula is C25H19N3O2. The minimum Gasteiger partial charge on any atom is -0.455 e. The maximum absolute atomic E-state index is 13.0. The summed E-state index contributed by atoms with van der Waals surface area (Å²) < 4.78 is 7.58. The number of hydrogen-bond donors (Lipinski definition) is 0. The summed E-state index contributed by atoms with van der Waals surface area (Å²) in [7, 11) is 0. The molecule has 0 amide bonds. The van der Waals surface area contributed by atoms with Gasteiger partial charge in [-0.1, -0.05) is 54.6 Å². The fourth-order valence-corrected chi connectivity index (χ4v) is 3.59. The number of imidazole rings is 1. The number of carbonyl (C=O) groups excluding carboxylic acids is 1. The van der Waals surface area contributed by atoms with Crippen LogP contribution in [0.2, 0.25) is 0 Å². The van der Waals surface area contributed by atoms with Crippen molar-refractivity contribution in [1.82, 2.24) is 14.4 Å². The van der Waals surface area contributed by atoms with E-state index in [4.69, 9.17) is 9.72 Å². The van der Waals surface area contributed by atoms with E-state index in [9.17, 15) is 4.79 Å². The van der Waals surface area contributed by atoms with Crippen LogP contribution >= 0.6 is 0 Å². The predicted molar refractivity (Wildman–Crippen MR) is 116 cm³/mol. The molecule has 0 spiro atoms. The SMILES string of the molecule is Cc1cccn2cc(COC(=O)c3cc(-c4ccccc4)nc4ccccc34)nc12. The van der Waals surface area contributed by atoms with E-state index in [2.05, 4.69) is 4.98 Å². The second-order valence-electron chi connectivity index (χ2n) is 7.17. The van der Waals surface area contributed by atoms with Gasteiger partial charge < -0.3 is 9.14 Å². The van der Waals surface area contributed by atoms with Crippen molar-refractivity contribution in [2.45, 2.75) is 13.5 Å². The van der Waals surface area contributed by atoms with Crippen molar-refractivity contribution in [2.75, 3.05) is 0 Å². The number of fused-ring (bicyclic) bond motifs is 2. The van der Waals surface area contributed by atoms with Gasteiger partial charge in [-0.15, -0.1) is 0 Å². The fourth-order valence-electron chi connectivity index (χ4n) is 3.59. The molecule has 3 aromatic heterocycles. The van der Waals surface area contributed by atoms with Crippen molar-refractivity contribution in [1.29, 1.82) is 0 Å². The monoisotopic (exact) mass is 393 g/mol. The lowest BCUT2D eigenvalue weighted by molar-refractivity contribution is 0.0470. The third kappa shape index (κ3) is 3.31. The number of aromatic nitrogens is 3. The topological polar surface area (TPSA) is 56.5 Å². The van der Waals surface area contributed by atoms with Gasteiger partial charge in [0.2, 0.25) is 0 Å². The first-order valence-corrected chi connectivity index (χ1v) is 9.74. The summed E-state index contributed by atoms with van der Waals surface area (Å²) in [5, 5.41) is 0.771.